The number of nitrogens with one attached hydrogen (secondary N) is 1. The Kier molecular flexibility index (Phi) is 6.80. The van der Waals surface area contributed by atoms with Crippen LogP contribution in [0.5, 0.6) is 0 Å². The first kappa shape index (κ1) is 17.8. The van der Waals surface area contributed by atoms with E-state index in [-0.39, 0.29) is 30.3 Å². The summed E-state index contributed by atoms with van der Waals surface area (Å²) in [6, 6.07) is 0.620. The fraction of sp³-hybridized carbons (Fsp3) is 0.938. The number of carbonyl (C=O) groups excluding carboxylic acids is 1. The SMILES string of the molecule is CC1CCC(C(C)C)C(NC(=O)C2CCC(N)C2)C1.Cl. The molecule has 5 unspecified atom stereocenters. The highest BCUT2D eigenvalue weighted by Gasteiger charge is 2.34. The molecular weight excluding hydrogens is 272 g/mol. The van der Waals surface area contributed by atoms with Gasteiger partial charge in [0.2, 0.25) is 5.91 Å². The van der Waals surface area contributed by atoms with E-state index in [1.807, 2.05) is 0 Å². The fourth-order valence-corrected chi connectivity index (χ4v) is 3.92. The molecule has 4 heteroatoms. The summed E-state index contributed by atoms with van der Waals surface area (Å²) >= 11 is 0. The quantitative estimate of drug-likeness (QED) is 0.841. The Morgan fingerprint density at radius 1 is 1.15 bits per heavy atom. The summed E-state index contributed by atoms with van der Waals surface area (Å²) < 4.78 is 0. The summed E-state index contributed by atoms with van der Waals surface area (Å²) in [7, 11) is 0. The first-order chi connectivity index (χ1) is 8.97. The minimum absolute atomic E-state index is 0. The minimum Gasteiger partial charge on any atom is -0.353 e. The number of hydrogen-bond donors (Lipinski definition) is 2. The van der Waals surface area contributed by atoms with Crippen molar-refractivity contribution in [2.45, 2.75) is 71.4 Å². The van der Waals surface area contributed by atoms with Crippen LogP contribution < -0.4 is 11.1 Å². The predicted molar refractivity (Wildman–Crippen MR) is 85.8 cm³/mol. The van der Waals surface area contributed by atoms with Gasteiger partial charge in [-0.25, -0.2) is 0 Å². The molecule has 2 saturated carbocycles. The highest BCUT2D eigenvalue weighted by atomic mass is 35.5. The zero-order chi connectivity index (χ0) is 14.0. The van der Waals surface area contributed by atoms with Gasteiger partial charge in [0.1, 0.15) is 0 Å². The molecule has 118 valence electrons. The van der Waals surface area contributed by atoms with E-state index in [0.29, 0.717) is 17.9 Å². The van der Waals surface area contributed by atoms with Crippen LogP contribution in [-0.4, -0.2) is 18.0 Å². The number of amides is 1. The van der Waals surface area contributed by atoms with Gasteiger partial charge in [0.05, 0.1) is 0 Å². The largest absolute Gasteiger partial charge is 0.353 e. The van der Waals surface area contributed by atoms with Crippen molar-refractivity contribution >= 4 is 18.3 Å². The van der Waals surface area contributed by atoms with Gasteiger partial charge in [-0.3, -0.25) is 4.79 Å². The molecule has 1 amide bonds. The maximum Gasteiger partial charge on any atom is 0.223 e. The predicted octanol–water partition coefficient (Wildman–Crippen LogP) is 3.11. The van der Waals surface area contributed by atoms with Crippen molar-refractivity contribution in [3.05, 3.63) is 0 Å². The second-order valence-corrected chi connectivity index (χ2v) is 7.21. The van der Waals surface area contributed by atoms with Crippen LogP contribution in [0.15, 0.2) is 0 Å². The molecule has 5 atom stereocenters. The van der Waals surface area contributed by atoms with E-state index in [1.165, 1.54) is 12.8 Å². The van der Waals surface area contributed by atoms with Gasteiger partial charge in [0.25, 0.3) is 0 Å². The van der Waals surface area contributed by atoms with E-state index in [1.54, 1.807) is 0 Å². The Hall–Kier alpha value is -0.280. The molecule has 0 aliphatic heterocycles. The van der Waals surface area contributed by atoms with E-state index in [9.17, 15) is 4.79 Å². The lowest BCUT2D eigenvalue weighted by atomic mass is 9.74. The molecule has 0 saturated heterocycles. The molecule has 20 heavy (non-hydrogen) atoms. The van der Waals surface area contributed by atoms with Gasteiger partial charge in [-0.2, -0.15) is 0 Å². The zero-order valence-corrected chi connectivity index (χ0v) is 13.9. The lowest BCUT2D eigenvalue weighted by molar-refractivity contribution is -0.126. The van der Waals surface area contributed by atoms with Gasteiger partial charge in [0.15, 0.2) is 0 Å². The lowest BCUT2D eigenvalue weighted by Gasteiger charge is -2.38. The summed E-state index contributed by atoms with van der Waals surface area (Å²) in [5.41, 5.74) is 5.91. The summed E-state index contributed by atoms with van der Waals surface area (Å²) in [5, 5.41) is 3.35. The van der Waals surface area contributed by atoms with E-state index in [4.69, 9.17) is 5.73 Å². The molecule has 0 aromatic heterocycles. The van der Waals surface area contributed by atoms with Crippen LogP contribution in [-0.2, 0) is 4.79 Å². The van der Waals surface area contributed by atoms with Gasteiger partial charge in [-0.1, -0.05) is 27.2 Å². The number of nitrogens with two attached hydrogens (primary N) is 1. The van der Waals surface area contributed by atoms with Crippen LogP contribution in [0, 0.1) is 23.7 Å². The zero-order valence-electron chi connectivity index (χ0n) is 13.1. The topological polar surface area (TPSA) is 55.1 Å². The molecule has 2 aliphatic rings. The minimum atomic E-state index is 0. The first-order valence-electron chi connectivity index (χ1n) is 8.03. The van der Waals surface area contributed by atoms with Crippen molar-refractivity contribution in [3.63, 3.8) is 0 Å². The van der Waals surface area contributed by atoms with Gasteiger partial charge in [-0.05, 0) is 49.9 Å². The highest BCUT2D eigenvalue weighted by molar-refractivity contribution is 5.85. The smallest absolute Gasteiger partial charge is 0.223 e. The van der Waals surface area contributed by atoms with Crippen LogP contribution in [0.1, 0.15) is 59.3 Å². The van der Waals surface area contributed by atoms with Gasteiger partial charge in [-0.15, -0.1) is 12.4 Å². The average Bonchev–Trinajstić information content (AvgIpc) is 2.75. The molecule has 0 spiro atoms. The molecule has 0 radical (unpaired) electrons. The Bertz CT molecular complexity index is 322. The number of rotatable bonds is 3. The van der Waals surface area contributed by atoms with Crippen molar-refractivity contribution < 1.29 is 4.79 Å². The summed E-state index contributed by atoms with van der Waals surface area (Å²) in [6.07, 6.45) is 6.57. The van der Waals surface area contributed by atoms with Crippen LogP contribution in [0.3, 0.4) is 0 Å². The van der Waals surface area contributed by atoms with Gasteiger partial charge in [0, 0.05) is 18.0 Å². The van der Waals surface area contributed by atoms with Gasteiger partial charge < -0.3 is 11.1 Å². The maximum atomic E-state index is 12.4. The Morgan fingerprint density at radius 2 is 1.85 bits per heavy atom. The summed E-state index contributed by atoms with van der Waals surface area (Å²) in [4.78, 5) is 12.4. The van der Waals surface area contributed by atoms with Crippen molar-refractivity contribution in [1.29, 1.82) is 0 Å². The Labute approximate surface area is 129 Å². The fourth-order valence-electron chi connectivity index (χ4n) is 3.92. The number of halogens is 1. The molecule has 3 nitrogen and oxygen atoms in total. The second kappa shape index (κ2) is 7.65. The molecule has 3 N–H and O–H groups in total. The molecule has 2 rings (SSSR count). The monoisotopic (exact) mass is 302 g/mol. The average molecular weight is 303 g/mol. The van der Waals surface area contributed by atoms with Crippen molar-refractivity contribution in [1.82, 2.24) is 5.32 Å². The van der Waals surface area contributed by atoms with Crippen LogP contribution in [0.4, 0.5) is 0 Å². The molecule has 0 aromatic carbocycles. The molecule has 0 heterocycles. The Balaban J connectivity index is 0.00000200. The molecule has 2 fully saturated rings. The van der Waals surface area contributed by atoms with Crippen molar-refractivity contribution in [2.24, 2.45) is 29.4 Å². The van der Waals surface area contributed by atoms with E-state index in [0.717, 1.165) is 31.6 Å². The van der Waals surface area contributed by atoms with Crippen molar-refractivity contribution in [3.8, 4) is 0 Å². The summed E-state index contributed by atoms with van der Waals surface area (Å²) in [5.74, 6) is 2.47. The third kappa shape index (κ3) is 4.36. The normalized spacial score (nSPS) is 37.5. The molecular formula is C16H31ClN2O. The Morgan fingerprint density at radius 3 is 2.40 bits per heavy atom. The van der Waals surface area contributed by atoms with Crippen LogP contribution in [0.2, 0.25) is 0 Å². The second-order valence-electron chi connectivity index (χ2n) is 7.21. The third-order valence-corrected chi connectivity index (χ3v) is 5.19. The van der Waals surface area contributed by atoms with E-state index >= 15 is 0 Å². The van der Waals surface area contributed by atoms with E-state index in [2.05, 4.69) is 26.1 Å². The van der Waals surface area contributed by atoms with Crippen LogP contribution in [0.25, 0.3) is 0 Å². The first-order valence-corrected chi connectivity index (χ1v) is 8.03. The maximum absolute atomic E-state index is 12.4. The molecule has 0 bridgehead atoms. The number of carbonyl (C=O) groups is 1. The lowest BCUT2D eigenvalue weighted by Crippen LogP contribution is -2.47. The van der Waals surface area contributed by atoms with Crippen LogP contribution >= 0.6 is 12.4 Å². The number of hydrogen-bond acceptors (Lipinski definition) is 2. The van der Waals surface area contributed by atoms with Gasteiger partial charge >= 0.3 is 0 Å². The highest BCUT2D eigenvalue weighted by Crippen LogP contribution is 2.34. The summed E-state index contributed by atoms with van der Waals surface area (Å²) in [6.45, 7) is 6.87. The third-order valence-electron chi connectivity index (χ3n) is 5.19. The molecule has 2 aliphatic carbocycles. The van der Waals surface area contributed by atoms with E-state index < -0.39 is 0 Å². The standard InChI is InChI=1S/C16H30N2O.ClH/c1-10(2)14-7-4-11(3)8-15(14)18-16(19)12-5-6-13(17)9-12;/h10-15H,4-9,17H2,1-3H3,(H,18,19);1H. The van der Waals surface area contributed by atoms with Crippen molar-refractivity contribution in [2.75, 3.05) is 0 Å². The molecule has 0 aromatic rings.